The number of halogens is 2. The molecule has 0 bridgehead atoms. The number of carbonyl (C=O) groups is 1. The number of nitrogens with zero attached hydrogens (tertiary/aromatic N) is 1. The average Bonchev–Trinajstić information content (AvgIpc) is 2.48. The number of hydrogen-bond acceptors (Lipinski definition) is 4. The molecule has 5 nitrogen and oxygen atoms in total. The number of methoxy groups -OCH3 is 1. The van der Waals surface area contributed by atoms with E-state index in [0.717, 1.165) is 18.3 Å². The first-order chi connectivity index (χ1) is 10.0. The Morgan fingerprint density at radius 3 is 2.67 bits per heavy atom. The number of pyridine rings is 1. The van der Waals surface area contributed by atoms with Crippen molar-refractivity contribution in [3.63, 3.8) is 0 Å². The standard InChI is InChI=1S/C14H13F2N3O2/c1-17-13-10(5-9(16)7-18-13)14(20)19-11-4-3-8(15)6-12(11)21-2/h3-7H,1-2H3,(H,17,18)(H,19,20). The third-order valence-corrected chi connectivity index (χ3v) is 2.75. The van der Waals surface area contributed by atoms with Gasteiger partial charge in [0.2, 0.25) is 0 Å². The van der Waals surface area contributed by atoms with Crippen molar-refractivity contribution in [2.75, 3.05) is 24.8 Å². The number of rotatable bonds is 4. The minimum Gasteiger partial charge on any atom is -0.494 e. The maximum absolute atomic E-state index is 13.2. The van der Waals surface area contributed by atoms with Gasteiger partial charge in [-0.15, -0.1) is 0 Å². The van der Waals surface area contributed by atoms with Crippen LogP contribution in [0.3, 0.4) is 0 Å². The molecule has 0 aliphatic heterocycles. The zero-order valence-electron chi connectivity index (χ0n) is 11.4. The molecule has 1 heterocycles. The SMILES string of the molecule is CNc1ncc(F)cc1C(=O)Nc1ccc(F)cc1OC. The van der Waals surface area contributed by atoms with Crippen molar-refractivity contribution in [2.45, 2.75) is 0 Å². The topological polar surface area (TPSA) is 63.2 Å². The van der Waals surface area contributed by atoms with Crippen LogP contribution in [-0.4, -0.2) is 25.0 Å². The molecule has 0 aliphatic rings. The fourth-order valence-corrected chi connectivity index (χ4v) is 1.77. The van der Waals surface area contributed by atoms with E-state index in [1.165, 1.54) is 19.2 Å². The second kappa shape index (κ2) is 6.17. The van der Waals surface area contributed by atoms with Crippen molar-refractivity contribution < 1.29 is 18.3 Å². The second-order valence-corrected chi connectivity index (χ2v) is 4.10. The molecule has 21 heavy (non-hydrogen) atoms. The number of aromatic nitrogens is 1. The third-order valence-electron chi connectivity index (χ3n) is 2.75. The Bertz CT molecular complexity index is 677. The van der Waals surface area contributed by atoms with Crippen LogP contribution in [0.2, 0.25) is 0 Å². The molecule has 1 aromatic carbocycles. The molecule has 110 valence electrons. The van der Waals surface area contributed by atoms with E-state index >= 15 is 0 Å². The summed E-state index contributed by atoms with van der Waals surface area (Å²) in [5.74, 6) is -1.32. The van der Waals surface area contributed by atoms with Crippen LogP contribution < -0.4 is 15.4 Å². The Kier molecular flexibility index (Phi) is 4.32. The van der Waals surface area contributed by atoms with Gasteiger partial charge in [0.15, 0.2) is 0 Å². The lowest BCUT2D eigenvalue weighted by Gasteiger charge is -2.12. The molecule has 0 spiro atoms. The number of amides is 1. The van der Waals surface area contributed by atoms with Gasteiger partial charge in [-0.1, -0.05) is 0 Å². The minimum absolute atomic E-state index is 0.0314. The van der Waals surface area contributed by atoms with Crippen LogP contribution in [-0.2, 0) is 0 Å². The molecular formula is C14H13F2N3O2. The Hall–Kier alpha value is -2.70. The summed E-state index contributed by atoms with van der Waals surface area (Å²) in [6.45, 7) is 0. The Balaban J connectivity index is 2.32. The maximum Gasteiger partial charge on any atom is 0.259 e. The normalized spacial score (nSPS) is 10.1. The highest BCUT2D eigenvalue weighted by atomic mass is 19.1. The molecule has 1 amide bonds. The Morgan fingerprint density at radius 2 is 2.00 bits per heavy atom. The second-order valence-electron chi connectivity index (χ2n) is 4.10. The number of carbonyl (C=O) groups excluding carboxylic acids is 1. The van der Waals surface area contributed by atoms with Crippen LogP contribution in [0.15, 0.2) is 30.5 Å². The predicted molar refractivity (Wildman–Crippen MR) is 74.6 cm³/mol. The van der Waals surface area contributed by atoms with Crippen LogP contribution in [0, 0.1) is 11.6 Å². The van der Waals surface area contributed by atoms with Crippen LogP contribution in [0.4, 0.5) is 20.3 Å². The van der Waals surface area contributed by atoms with Gasteiger partial charge >= 0.3 is 0 Å². The number of ether oxygens (including phenoxy) is 1. The van der Waals surface area contributed by atoms with Gasteiger partial charge in [0.05, 0.1) is 24.6 Å². The number of nitrogens with one attached hydrogen (secondary N) is 2. The zero-order valence-corrected chi connectivity index (χ0v) is 11.4. The number of hydrogen-bond donors (Lipinski definition) is 2. The Morgan fingerprint density at radius 1 is 1.24 bits per heavy atom. The number of anilines is 2. The molecule has 0 fully saturated rings. The predicted octanol–water partition coefficient (Wildman–Crippen LogP) is 2.66. The van der Waals surface area contributed by atoms with E-state index < -0.39 is 17.5 Å². The average molecular weight is 293 g/mol. The highest BCUT2D eigenvalue weighted by Gasteiger charge is 2.15. The Labute approximate surface area is 120 Å². The summed E-state index contributed by atoms with van der Waals surface area (Å²) in [4.78, 5) is 16.0. The molecular weight excluding hydrogens is 280 g/mol. The van der Waals surface area contributed by atoms with Crippen molar-refractivity contribution in [3.8, 4) is 5.75 Å². The molecule has 0 aliphatic carbocycles. The summed E-state index contributed by atoms with van der Waals surface area (Å²) < 4.78 is 31.3. The number of benzene rings is 1. The van der Waals surface area contributed by atoms with Gasteiger partial charge in [0, 0.05) is 13.1 Å². The molecule has 2 N–H and O–H groups in total. The van der Waals surface area contributed by atoms with Gasteiger partial charge in [-0.05, 0) is 18.2 Å². The molecule has 0 radical (unpaired) electrons. The molecule has 0 saturated carbocycles. The quantitative estimate of drug-likeness (QED) is 0.909. The largest absolute Gasteiger partial charge is 0.494 e. The van der Waals surface area contributed by atoms with Crippen molar-refractivity contribution in [1.29, 1.82) is 0 Å². The van der Waals surface area contributed by atoms with Crippen molar-refractivity contribution in [1.82, 2.24) is 4.98 Å². The van der Waals surface area contributed by atoms with Gasteiger partial charge in [0.25, 0.3) is 5.91 Å². The molecule has 0 saturated heterocycles. The van der Waals surface area contributed by atoms with E-state index in [1.807, 2.05) is 0 Å². The summed E-state index contributed by atoms with van der Waals surface area (Å²) in [5.41, 5.74) is 0.305. The van der Waals surface area contributed by atoms with E-state index in [9.17, 15) is 13.6 Å². The van der Waals surface area contributed by atoms with Crippen molar-refractivity contribution in [3.05, 3.63) is 47.7 Å². The van der Waals surface area contributed by atoms with Gasteiger partial charge < -0.3 is 15.4 Å². The zero-order chi connectivity index (χ0) is 15.4. The lowest BCUT2D eigenvalue weighted by molar-refractivity contribution is 0.102. The molecule has 2 rings (SSSR count). The molecule has 0 unspecified atom stereocenters. The summed E-state index contributed by atoms with van der Waals surface area (Å²) in [6, 6.07) is 4.74. The highest BCUT2D eigenvalue weighted by Crippen LogP contribution is 2.26. The van der Waals surface area contributed by atoms with Gasteiger partial charge in [0.1, 0.15) is 23.2 Å². The monoisotopic (exact) mass is 293 g/mol. The first-order valence-corrected chi connectivity index (χ1v) is 6.03. The van der Waals surface area contributed by atoms with Crippen LogP contribution in [0.5, 0.6) is 5.75 Å². The van der Waals surface area contributed by atoms with Crippen molar-refractivity contribution >= 4 is 17.4 Å². The molecule has 0 atom stereocenters. The van der Waals surface area contributed by atoms with E-state index in [4.69, 9.17) is 4.74 Å². The lowest BCUT2D eigenvalue weighted by Crippen LogP contribution is -2.16. The highest BCUT2D eigenvalue weighted by molar-refractivity contribution is 6.08. The molecule has 2 aromatic rings. The molecule has 7 heteroatoms. The first kappa shape index (κ1) is 14.7. The summed E-state index contributed by atoms with van der Waals surface area (Å²) in [5, 5.41) is 5.23. The lowest BCUT2D eigenvalue weighted by atomic mass is 10.2. The van der Waals surface area contributed by atoms with Crippen LogP contribution >= 0.6 is 0 Å². The van der Waals surface area contributed by atoms with Crippen molar-refractivity contribution in [2.24, 2.45) is 0 Å². The van der Waals surface area contributed by atoms with E-state index in [2.05, 4.69) is 15.6 Å². The van der Waals surface area contributed by atoms with E-state index in [-0.39, 0.29) is 22.8 Å². The fraction of sp³-hybridized carbons (Fsp3) is 0.143. The van der Waals surface area contributed by atoms with E-state index in [1.54, 1.807) is 7.05 Å². The van der Waals surface area contributed by atoms with Crippen LogP contribution in [0.25, 0.3) is 0 Å². The maximum atomic E-state index is 13.2. The van der Waals surface area contributed by atoms with Gasteiger partial charge in [-0.3, -0.25) is 4.79 Å². The molecule has 1 aromatic heterocycles. The summed E-state index contributed by atoms with van der Waals surface area (Å²) in [7, 11) is 2.92. The van der Waals surface area contributed by atoms with E-state index in [0.29, 0.717) is 0 Å². The summed E-state index contributed by atoms with van der Waals surface area (Å²) >= 11 is 0. The fourth-order valence-electron chi connectivity index (χ4n) is 1.77. The smallest absolute Gasteiger partial charge is 0.259 e. The first-order valence-electron chi connectivity index (χ1n) is 6.03. The minimum atomic E-state index is -0.634. The van der Waals surface area contributed by atoms with Gasteiger partial charge in [-0.2, -0.15) is 0 Å². The van der Waals surface area contributed by atoms with Gasteiger partial charge in [-0.25, -0.2) is 13.8 Å². The van der Waals surface area contributed by atoms with Crippen LogP contribution in [0.1, 0.15) is 10.4 Å². The third kappa shape index (κ3) is 3.25. The summed E-state index contributed by atoms with van der Waals surface area (Å²) in [6.07, 6.45) is 1.00.